The van der Waals surface area contributed by atoms with E-state index < -0.39 is 10.0 Å². The summed E-state index contributed by atoms with van der Waals surface area (Å²) < 4.78 is 25.4. The van der Waals surface area contributed by atoms with Crippen LogP contribution in [-0.4, -0.2) is 19.2 Å². The van der Waals surface area contributed by atoms with Crippen LogP contribution in [0.1, 0.15) is 41.0 Å². The molecule has 1 N–H and O–H groups in total. The predicted octanol–water partition coefficient (Wildman–Crippen LogP) is 1.50. The van der Waals surface area contributed by atoms with E-state index in [-0.39, 0.29) is 10.8 Å². The van der Waals surface area contributed by atoms with Gasteiger partial charge in [0, 0.05) is 5.54 Å². The molecule has 0 rings (SSSR count). The molecule has 0 fully saturated rings. The lowest BCUT2D eigenvalue weighted by atomic mass is 10.0. The third kappa shape index (κ3) is 3.54. The molecule has 0 heterocycles. The van der Waals surface area contributed by atoms with Crippen molar-refractivity contribution >= 4 is 10.0 Å². The van der Waals surface area contributed by atoms with Gasteiger partial charge in [0.15, 0.2) is 0 Å². The highest BCUT2D eigenvalue weighted by molar-refractivity contribution is 7.90. The van der Waals surface area contributed by atoms with Gasteiger partial charge in [0.2, 0.25) is 10.0 Å². The molecule has 0 aromatic rings. The molecule has 0 aromatic carbocycles. The monoisotopic (exact) mass is 193 g/mol. The minimum atomic E-state index is -3.12. The van der Waals surface area contributed by atoms with E-state index >= 15 is 0 Å². The summed E-state index contributed by atoms with van der Waals surface area (Å²) in [6.07, 6.45) is 0.791. The normalized spacial score (nSPS) is 13.8. The van der Waals surface area contributed by atoms with Crippen molar-refractivity contribution < 1.29 is 8.42 Å². The van der Waals surface area contributed by atoms with Crippen LogP contribution in [0, 0.1) is 0 Å². The van der Waals surface area contributed by atoms with Crippen LogP contribution in [0.5, 0.6) is 0 Å². The molecule has 12 heavy (non-hydrogen) atoms. The molecule has 4 heteroatoms. The molecule has 3 nitrogen and oxygen atoms in total. The predicted molar refractivity (Wildman–Crippen MR) is 51.6 cm³/mol. The van der Waals surface area contributed by atoms with Crippen molar-refractivity contribution in [2.24, 2.45) is 0 Å². The molecule has 0 saturated heterocycles. The Kier molecular flexibility index (Phi) is 3.72. The van der Waals surface area contributed by atoms with Gasteiger partial charge >= 0.3 is 0 Å². The Hall–Kier alpha value is -0.0900. The summed E-state index contributed by atoms with van der Waals surface area (Å²) in [6, 6.07) is 0. The standard InChI is InChI=1S/C8H19NO2S/c1-6-8(4,5)9-12(10,11)7(2)3/h7,9H,6H2,1-5H3. The molecule has 0 aliphatic heterocycles. The number of hydrogen-bond donors (Lipinski definition) is 1. The van der Waals surface area contributed by atoms with Crippen molar-refractivity contribution in [3.8, 4) is 0 Å². The van der Waals surface area contributed by atoms with Gasteiger partial charge in [-0.2, -0.15) is 0 Å². The Morgan fingerprint density at radius 2 is 1.75 bits per heavy atom. The lowest BCUT2D eigenvalue weighted by Gasteiger charge is -2.25. The van der Waals surface area contributed by atoms with Crippen molar-refractivity contribution in [3.63, 3.8) is 0 Å². The van der Waals surface area contributed by atoms with E-state index in [9.17, 15) is 8.42 Å². The third-order valence-electron chi connectivity index (χ3n) is 1.92. The van der Waals surface area contributed by atoms with E-state index in [0.29, 0.717) is 0 Å². The summed E-state index contributed by atoms with van der Waals surface area (Å²) in [5.74, 6) is 0. The van der Waals surface area contributed by atoms with Crippen molar-refractivity contribution in [2.75, 3.05) is 0 Å². The molecular formula is C8H19NO2S. The molecule has 0 amide bonds. The van der Waals surface area contributed by atoms with Crippen LogP contribution >= 0.6 is 0 Å². The molecule has 0 aliphatic rings. The van der Waals surface area contributed by atoms with Crippen LogP contribution in [0.4, 0.5) is 0 Å². The molecule has 0 spiro atoms. The average molecular weight is 193 g/mol. The number of nitrogens with one attached hydrogen (secondary N) is 1. The van der Waals surface area contributed by atoms with Crippen molar-refractivity contribution in [2.45, 2.75) is 51.8 Å². The van der Waals surface area contributed by atoms with Crippen LogP contribution in [0.25, 0.3) is 0 Å². The van der Waals surface area contributed by atoms with E-state index in [0.717, 1.165) is 6.42 Å². The molecule has 0 aromatic heterocycles. The van der Waals surface area contributed by atoms with Crippen molar-refractivity contribution in [1.29, 1.82) is 0 Å². The minimum Gasteiger partial charge on any atom is -0.212 e. The van der Waals surface area contributed by atoms with E-state index in [1.165, 1.54) is 0 Å². The zero-order valence-electron chi connectivity index (χ0n) is 8.51. The quantitative estimate of drug-likeness (QED) is 0.735. The molecule has 0 aliphatic carbocycles. The maximum Gasteiger partial charge on any atom is 0.214 e. The van der Waals surface area contributed by atoms with Crippen LogP contribution in [0.3, 0.4) is 0 Å². The van der Waals surface area contributed by atoms with Gasteiger partial charge in [0.25, 0.3) is 0 Å². The van der Waals surface area contributed by atoms with Crippen LogP contribution in [-0.2, 0) is 10.0 Å². The Morgan fingerprint density at radius 1 is 1.33 bits per heavy atom. The zero-order chi connectivity index (χ0) is 9.99. The first-order valence-corrected chi connectivity index (χ1v) is 5.78. The van der Waals surface area contributed by atoms with E-state index in [1.54, 1.807) is 13.8 Å². The maximum atomic E-state index is 11.4. The Bertz CT molecular complexity index is 229. The van der Waals surface area contributed by atoms with Gasteiger partial charge in [0.1, 0.15) is 0 Å². The highest BCUT2D eigenvalue weighted by atomic mass is 32.2. The van der Waals surface area contributed by atoms with E-state index in [4.69, 9.17) is 0 Å². The van der Waals surface area contributed by atoms with Crippen LogP contribution in [0.2, 0.25) is 0 Å². The first kappa shape index (κ1) is 11.9. The second kappa shape index (κ2) is 3.75. The smallest absolute Gasteiger partial charge is 0.212 e. The van der Waals surface area contributed by atoms with Gasteiger partial charge in [-0.1, -0.05) is 6.92 Å². The average Bonchev–Trinajstić information content (AvgIpc) is 1.85. The fraction of sp³-hybridized carbons (Fsp3) is 1.00. The van der Waals surface area contributed by atoms with Gasteiger partial charge in [-0.15, -0.1) is 0 Å². The summed E-state index contributed by atoms with van der Waals surface area (Å²) in [4.78, 5) is 0. The summed E-state index contributed by atoms with van der Waals surface area (Å²) in [7, 11) is -3.12. The van der Waals surface area contributed by atoms with Gasteiger partial charge in [-0.25, -0.2) is 13.1 Å². The number of sulfonamides is 1. The topological polar surface area (TPSA) is 46.2 Å². The van der Waals surface area contributed by atoms with Gasteiger partial charge in [-0.3, -0.25) is 0 Å². The van der Waals surface area contributed by atoms with Crippen LogP contribution in [0.15, 0.2) is 0 Å². The summed E-state index contributed by atoms with van der Waals surface area (Å²) >= 11 is 0. The Balaban J connectivity index is 4.47. The lowest BCUT2D eigenvalue weighted by molar-refractivity contribution is 0.437. The summed E-state index contributed by atoms with van der Waals surface area (Å²) in [5.41, 5.74) is -0.330. The Morgan fingerprint density at radius 3 is 2.00 bits per heavy atom. The second-order valence-electron chi connectivity index (χ2n) is 3.93. The van der Waals surface area contributed by atoms with Crippen molar-refractivity contribution in [1.82, 2.24) is 4.72 Å². The molecule has 0 radical (unpaired) electrons. The fourth-order valence-electron chi connectivity index (χ4n) is 0.575. The molecule has 0 bridgehead atoms. The largest absolute Gasteiger partial charge is 0.214 e. The maximum absolute atomic E-state index is 11.4. The molecule has 74 valence electrons. The van der Waals surface area contributed by atoms with Gasteiger partial charge in [0.05, 0.1) is 5.25 Å². The SMILES string of the molecule is CCC(C)(C)NS(=O)(=O)C(C)C. The molecule has 0 atom stereocenters. The molecular weight excluding hydrogens is 174 g/mol. The van der Waals surface area contributed by atoms with E-state index in [2.05, 4.69) is 4.72 Å². The Labute approximate surface area is 75.6 Å². The molecule has 0 saturated carbocycles. The highest BCUT2D eigenvalue weighted by Crippen LogP contribution is 2.10. The number of rotatable bonds is 4. The minimum absolute atomic E-state index is 0.330. The number of hydrogen-bond acceptors (Lipinski definition) is 2. The van der Waals surface area contributed by atoms with E-state index in [1.807, 2.05) is 20.8 Å². The van der Waals surface area contributed by atoms with Crippen LogP contribution < -0.4 is 4.72 Å². The lowest BCUT2D eigenvalue weighted by Crippen LogP contribution is -2.45. The third-order valence-corrected chi connectivity index (χ3v) is 4.00. The van der Waals surface area contributed by atoms with Gasteiger partial charge in [-0.05, 0) is 34.1 Å². The van der Waals surface area contributed by atoms with Crippen molar-refractivity contribution in [3.05, 3.63) is 0 Å². The zero-order valence-corrected chi connectivity index (χ0v) is 9.33. The summed E-state index contributed by atoms with van der Waals surface area (Å²) in [6.45, 7) is 9.07. The highest BCUT2D eigenvalue weighted by Gasteiger charge is 2.24. The first-order valence-electron chi connectivity index (χ1n) is 4.24. The van der Waals surface area contributed by atoms with Gasteiger partial charge < -0.3 is 0 Å². The molecule has 0 unspecified atom stereocenters. The first-order chi connectivity index (χ1) is 5.21. The second-order valence-corrected chi connectivity index (χ2v) is 6.17. The fourth-order valence-corrected chi connectivity index (χ4v) is 1.73. The summed E-state index contributed by atoms with van der Waals surface area (Å²) in [5, 5.41) is -0.358.